The van der Waals surface area contributed by atoms with Crippen LogP contribution >= 0.6 is 0 Å². The van der Waals surface area contributed by atoms with E-state index in [0.29, 0.717) is 5.69 Å². The van der Waals surface area contributed by atoms with Crippen molar-refractivity contribution in [3.63, 3.8) is 0 Å². The SMILES string of the molecule is CCC1(Nc2cccnc2C(=O)O)CC1. The fraction of sp³-hybridized carbons (Fsp3) is 0.455. The molecule has 1 fully saturated rings. The molecule has 1 aromatic heterocycles. The van der Waals surface area contributed by atoms with Gasteiger partial charge in [0.1, 0.15) is 0 Å². The number of carboxylic acid groups (broad SMARTS) is 1. The van der Waals surface area contributed by atoms with Crippen LogP contribution in [0.25, 0.3) is 0 Å². The van der Waals surface area contributed by atoms with Gasteiger partial charge >= 0.3 is 5.97 Å². The van der Waals surface area contributed by atoms with E-state index in [1.54, 1.807) is 12.1 Å². The molecule has 80 valence electrons. The number of carboxylic acids is 1. The normalized spacial score (nSPS) is 17.1. The van der Waals surface area contributed by atoms with Crippen LogP contribution in [0.3, 0.4) is 0 Å². The molecule has 2 rings (SSSR count). The first-order valence-corrected chi connectivity index (χ1v) is 5.13. The second-order valence-electron chi connectivity index (χ2n) is 3.96. The van der Waals surface area contributed by atoms with Gasteiger partial charge in [0, 0.05) is 11.7 Å². The van der Waals surface area contributed by atoms with Gasteiger partial charge in [0.2, 0.25) is 0 Å². The molecule has 1 saturated carbocycles. The first kappa shape index (κ1) is 9.96. The Labute approximate surface area is 88.3 Å². The maximum atomic E-state index is 10.9. The van der Waals surface area contributed by atoms with Crippen molar-refractivity contribution in [3.8, 4) is 0 Å². The number of aromatic carboxylic acids is 1. The summed E-state index contributed by atoms with van der Waals surface area (Å²) < 4.78 is 0. The maximum absolute atomic E-state index is 10.9. The van der Waals surface area contributed by atoms with E-state index in [2.05, 4.69) is 17.2 Å². The van der Waals surface area contributed by atoms with Crippen molar-refractivity contribution in [3.05, 3.63) is 24.0 Å². The van der Waals surface area contributed by atoms with E-state index >= 15 is 0 Å². The van der Waals surface area contributed by atoms with Crippen LogP contribution in [0.1, 0.15) is 36.7 Å². The molecule has 1 heterocycles. The second-order valence-corrected chi connectivity index (χ2v) is 3.96. The third-order valence-corrected chi connectivity index (χ3v) is 2.94. The largest absolute Gasteiger partial charge is 0.476 e. The van der Waals surface area contributed by atoms with E-state index in [9.17, 15) is 4.79 Å². The lowest BCUT2D eigenvalue weighted by Crippen LogP contribution is -2.21. The Kier molecular flexibility index (Phi) is 2.34. The summed E-state index contributed by atoms with van der Waals surface area (Å²) in [6, 6.07) is 3.52. The molecular formula is C11H14N2O2. The predicted octanol–water partition coefficient (Wildman–Crippen LogP) is 2.13. The summed E-state index contributed by atoms with van der Waals surface area (Å²) in [5, 5.41) is 12.2. The molecule has 0 aromatic carbocycles. The summed E-state index contributed by atoms with van der Waals surface area (Å²) in [6.07, 6.45) is 4.73. The number of carbonyl (C=O) groups is 1. The Morgan fingerprint density at radius 1 is 1.67 bits per heavy atom. The lowest BCUT2D eigenvalue weighted by molar-refractivity contribution is 0.0691. The zero-order chi connectivity index (χ0) is 10.9. The van der Waals surface area contributed by atoms with Crippen LogP contribution in [0, 0.1) is 0 Å². The number of hydrogen-bond acceptors (Lipinski definition) is 3. The molecule has 0 atom stereocenters. The van der Waals surface area contributed by atoms with Crippen LogP contribution in [0.5, 0.6) is 0 Å². The number of anilines is 1. The van der Waals surface area contributed by atoms with Crippen LogP contribution in [0.15, 0.2) is 18.3 Å². The summed E-state index contributed by atoms with van der Waals surface area (Å²) in [5.74, 6) is -0.981. The van der Waals surface area contributed by atoms with Gasteiger partial charge in [0.15, 0.2) is 5.69 Å². The lowest BCUT2D eigenvalue weighted by Gasteiger charge is -2.17. The number of pyridine rings is 1. The van der Waals surface area contributed by atoms with E-state index in [4.69, 9.17) is 5.11 Å². The smallest absolute Gasteiger partial charge is 0.356 e. The van der Waals surface area contributed by atoms with Gasteiger partial charge < -0.3 is 10.4 Å². The minimum Gasteiger partial charge on any atom is -0.476 e. The molecule has 1 aliphatic carbocycles. The molecule has 0 bridgehead atoms. The van der Waals surface area contributed by atoms with Crippen LogP contribution in [-0.2, 0) is 0 Å². The molecule has 2 N–H and O–H groups in total. The van der Waals surface area contributed by atoms with Crippen molar-refractivity contribution in [2.45, 2.75) is 31.7 Å². The highest BCUT2D eigenvalue weighted by atomic mass is 16.4. The van der Waals surface area contributed by atoms with Gasteiger partial charge in [-0.05, 0) is 31.4 Å². The molecule has 0 aliphatic heterocycles. The molecule has 15 heavy (non-hydrogen) atoms. The topological polar surface area (TPSA) is 62.2 Å². The third-order valence-electron chi connectivity index (χ3n) is 2.94. The van der Waals surface area contributed by atoms with Crippen molar-refractivity contribution in [2.75, 3.05) is 5.32 Å². The molecule has 0 spiro atoms. The Balaban J connectivity index is 2.24. The molecule has 1 aliphatic rings. The first-order chi connectivity index (χ1) is 7.17. The van der Waals surface area contributed by atoms with Crippen molar-refractivity contribution < 1.29 is 9.90 Å². The predicted molar refractivity (Wildman–Crippen MR) is 57.1 cm³/mol. The zero-order valence-electron chi connectivity index (χ0n) is 8.66. The van der Waals surface area contributed by atoms with E-state index in [1.165, 1.54) is 6.20 Å². The molecule has 1 aromatic rings. The summed E-state index contributed by atoms with van der Waals surface area (Å²) >= 11 is 0. The number of aromatic nitrogens is 1. The molecule has 0 radical (unpaired) electrons. The van der Waals surface area contributed by atoms with Crippen LogP contribution in [-0.4, -0.2) is 21.6 Å². The molecule has 4 nitrogen and oxygen atoms in total. The van der Waals surface area contributed by atoms with E-state index in [0.717, 1.165) is 19.3 Å². The van der Waals surface area contributed by atoms with Crippen LogP contribution in [0.2, 0.25) is 0 Å². The fourth-order valence-electron chi connectivity index (χ4n) is 1.68. The van der Waals surface area contributed by atoms with Crippen molar-refractivity contribution in [2.24, 2.45) is 0 Å². The monoisotopic (exact) mass is 206 g/mol. The summed E-state index contributed by atoms with van der Waals surface area (Å²) in [5.41, 5.74) is 0.856. The lowest BCUT2D eigenvalue weighted by atomic mass is 10.1. The molecule has 4 heteroatoms. The van der Waals surface area contributed by atoms with Gasteiger partial charge in [-0.15, -0.1) is 0 Å². The van der Waals surface area contributed by atoms with Gasteiger partial charge in [-0.2, -0.15) is 0 Å². The number of nitrogens with one attached hydrogen (secondary N) is 1. The van der Waals surface area contributed by atoms with Crippen molar-refractivity contribution in [1.82, 2.24) is 4.98 Å². The standard InChI is InChI=1S/C11H14N2O2/c1-2-11(5-6-11)13-8-4-3-7-12-9(8)10(14)15/h3-4,7,13H,2,5-6H2,1H3,(H,14,15). The van der Waals surface area contributed by atoms with Gasteiger partial charge in [-0.25, -0.2) is 9.78 Å². The number of hydrogen-bond donors (Lipinski definition) is 2. The highest BCUT2D eigenvalue weighted by molar-refractivity contribution is 5.92. The molecular weight excluding hydrogens is 192 g/mol. The number of rotatable bonds is 4. The average molecular weight is 206 g/mol. The Bertz CT molecular complexity index is 386. The zero-order valence-corrected chi connectivity index (χ0v) is 8.66. The second kappa shape index (κ2) is 3.53. The van der Waals surface area contributed by atoms with Gasteiger partial charge in [-0.3, -0.25) is 0 Å². The van der Waals surface area contributed by atoms with Crippen molar-refractivity contribution >= 4 is 11.7 Å². The molecule has 0 amide bonds. The number of nitrogens with zero attached hydrogens (tertiary/aromatic N) is 1. The quantitative estimate of drug-likeness (QED) is 0.792. The van der Waals surface area contributed by atoms with E-state index in [-0.39, 0.29) is 11.2 Å². The van der Waals surface area contributed by atoms with Crippen LogP contribution in [0.4, 0.5) is 5.69 Å². The van der Waals surface area contributed by atoms with E-state index < -0.39 is 5.97 Å². The van der Waals surface area contributed by atoms with Gasteiger partial charge in [0.05, 0.1) is 5.69 Å². The minimum absolute atomic E-state index is 0.109. The Morgan fingerprint density at radius 2 is 2.40 bits per heavy atom. The Morgan fingerprint density at radius 3 is 2.93 bits per heavy atom. The molecule has 0 saturated heterocycles. The maximum Gasteiger partial charge on any atom is 0.356 e. The Hall–Kier alpha value is -1.58. The molecule has 0 unspecified atom stereocenters. The first-order valence-electron chi connectivity index (χ1n) is 5.13. The van der Waals surface area contributed by atoms with Crippen LogP contribution < -0.4 is 5.32 Å². The summed E-state index contributed by atoms with van der Waals surface area (Å²) in [7, 11) is 0. The van der Waals surface area contributed by atoms with Gasteiger partial charge in [-0.1, -0.05) is 6.92 Å². The highest BCUT2D eigenvalue weighted by Gasteiger charge is 2.41. The average Bonchev–Trinajstić information content (AvgIpc) is 2.99. The summed E-state index contributed by atoms with van der Waals surface area (Å²) in [4.78, 5) is 14.8. The third kappa shape index (κ3) is 1.93. The summed E-state index contributed by atoms with van der Waals surface area (Å²) in [6.45, 7) is 2.11. The van der Waals surface area contributed by atoms with E-state index in [1.807, 2.05) is 0 Å². The fourth-order valence-corrected chi connectivity index (χ4v) is 1.68. The highest BCUT2D eigenvalue weighted by Crippen LogP contribution is 2.42. The van der Waals surface area contributed by atoms with Gasteiger partial charge in [0.25, 0.3) is 0 Å². The minimum atomic E-state index is -0.981. The van der Waals surface area contributed by atoms with Crippen molar-refractivity contribution in [1.29, 1.82) is 0 Å².